The fraction of sp³-hybridized carbons (Fsp3) is 0.400. The van der Waals surface area contributed by atoms with Crippen LogP contribution in [0.2, 0.25) is 0 Å². The number of benzene rings is 1. The summed E-state index contributed by atoms with van der Waals surface area (Å²) in [6.07, 6.45) is 0. The molecule has 13 heavy (non-hydrogen) atoms. The minimum absolute atomic E-state index is 0.631. The molecule has 0 spiro atoms. The normalized spacial score (nSPS) is 9.77. The quantitative estimate of drug-likeness (QED) is 0.742. The summed E-state index contributed by atoms with van der Waals surface area (Å²) >= 11 is 0. The number of methoxy groups -OCH3 is 1. The predicted octanol–water partition coefficient (Wildman–Crippen LogP) is 1.92. The van der Waals surface area contributed by atoms with Crippen LogP contribution in [-0.4, -0.2) is 21.2 Å². The molecule has 0 saturated carbocycles. The van der Waals surface area contributed by atoms with E-state index in [0.717, 1.165) is 16.9 Å². The molecule has 3 nitrogen and oxygen atoms in total. The second kappa shape index (κ2) is 4.72. The van der Waals surface area contributed by atoms with Crippen molar-refractivity contribution in [1.82, 2.24) is 0 Å². The second-order valence-corrected chi connectivity index (χ2v) is 2.77. The molecule has 0 heterocycles. The molecule has 0 saturated heterocycles. The van der Waals surface area contributed by atoms with Crippen molar-refractivity contribution < 1.29 is 4.74 Å². The van der Waals surface area contributed by atoms with Crippen LogP contribution in [0.4, 0.5) is 11.4 Å². The fourth-order valence-corrected chi connectivity index (χ4v) is 1.38. The molecule has 0 fully saturated rings. The fourth-order valence-electron chi connectivity index (χ4n) is 1.38. The van der Waals surface area contributed by atoms with Crippen LogP contribution in [0.5, 0.6) is 0 Å². The molecule has 72 valence electrons. The van der Waals surface area contributed by atoms with E-state index >= 15 is 0 Å². The maximum absolute atomic E-state index is 5.10. The van der Waals surface area contributed by atoms with Gasteiger partial charge in [0.1, 0.15) is 0 Å². The molecule has 3 heteroatoms. The number of rotatable bonds is 4. The highest BCUT2D eigenvalue weighted by Crippen LogP contribution is 2.25. The van der Waals surface area contributed by atoms with E-state index in [9.17, 15) is 0 Å². The number of hydrogen-bond acceptors (Lipinski definition) is 3. The zero-order valence-electron chi connectivity index (χ0n) is 8.35. The van der Waals surface area contributed by atoms with Gasteiger partial charge in [0, 0.05) is 26.8 Å². The lowest BCUT2D eigenvalue weighted by Crippen LogP contribution is -2.01. The zero-order chi connectivity index (χ0) is 9.68. The van der Waals surface area contributed by atoms with Gasteiger partial charge in [0.25, 0.3) is 0 Å². The Morgan fingerprint density at radius 1 is 1.23 bits per heavy atom. The molecule has 0 aromatic heterocycles. The Morgan fingerprint density at radius 3 is 2.54 bits per heavy atom. The van der Waals surface area contributed by atoms with E-state index in [1.807, 2.05) is 26.2 Å². The summed E-state index contributed by atoms with van der Waals surface area (Å²) < 4.78 is 5.10. The van der Waals surface area contributed by atoms with Crippen LogP contribution in [0.25, 0.3) is 0 Å². The molecule has 0 unspecified atom stereocenters. The Labute approximate surface area is 79.1 Å². The first kappa shape index (κ1) is 9.86. The monoisotopic (exact) mass is 180 g/mol. The summed E-state index contributed by atoms with van der Waals surface area (Å²) in [5.74, 6) is 0. The van der Waals surface area contributed by atoms with Crippen molar-refractivity contribution in [2.45, 2.75) is 6.61 Å². The van der Waals surface area contributed by atoms with Crippen LogP contribution in [0, 0.1) is 0 Å². The molecular formula is C10H16N2O. The Kier molecular flexibility index (Phi) is 3.58. The number of nitrogens with one attached hydrogen (secondary N) is 2. The largest absolute Gasteiger partial charge is 0.386 e. The molecule has 1 aromatic carbocycles. The van der Waals surface area contributed by atoms with Gasteiger partial charge < -0.3 is 15.4 Å². The van der Waals surface area contributed by atoms with Crippen LogP contribution in [0.15, 0.2) is 18.2 Å². The van der Waals surface area contributed by atoms with Crippen LogP contribution in [-0.2, 0) is 11.3 Å². The molecule has 1 aromatic rings. The van der Waals surface area contributed by atoms with E-state index in [1.54, 1.807) is 7.11 Å². The van der Waals surface area contributed by atoms with Crippen LogP contribution in [0.3, 0.4) is 0 Å². The summed E-state index contributed by atoms with van der Waals surface area (Å²) in [6.45, 7) is 0.631. The first-order valence-electron chi connectivity index (χ1n) is 4.29. The molecular weight excluding hydrogens is 164 g/mol. The van der Waals surface area contributed by atoms with Gasteiger partial charge in [-0.2, -0.15) is 0 Å². The Bertz CT molecular complexity index is 274. The topological polar surface area (TPSA) is 33.3 Å². The van der Waals surface area contributed by atoms with Crippen LogP contribution < -0.4 is 10.6 Å². The highest BCUT2D eigenvalue weighted by Gasteiger charge is 2.04. The molecule has 0 amide bonds. The molecule has 0 radical (unpaired) electrons. The van der Waals surface area contributed by atoms with Crippen molar-refractivity contribution in [3.63, 3.8) is 0 Å². The highest BCUT2D eigenvalue weighted by molar-refractivity contribution is 5.72. The third kappa shape index (κ3) is 2.12. The number of para-hydroxylation sites is 1. The predicted molar refractivity (Wildman–Crippen MR) is 56.2 cm³/mol. The van der Waals surface area contributed by atoms with Gasteiger partial charge in [-0.15, -0.1) is 0 Å². The average Bonchev–Trinajstić information content (AvgIpc) is 2.18. The Hall–Kier alpha value is -1.22. The van der Waals surface area contributed by atoms with Crippen LogP contribution >= 0.6 is 0 Å². The lowest BCUT2D eigenvalue weighted by atomic mass is 10.1. The van der Waals surface area contributed by atoms with Crippen molar-refractivity contribution in [3.05, 3.63) is 23.8 Å². The maximum atomic E-state index is 5.10. The molecule has 0 atom stereocenters. The van der Waals surface area contributed by atoms with E-state index in [4.69, 9.17) is 4.74 Å². The van der Waals surface area contributed by atoms with E-state index in [-0.39, 0.29) is 0 Å². The van der Waals surface area contributed by atoms with Gasteiger partial charge in [-0.3, -0.25) is 0 Å². The maximum Gasteiger partial charge on any atom is 0.0733 e. The lowest BCUT2D eigenvalue weighted by Gasteiger charge is -2.13. The van der Waals surface area contributed by atoms with Gasteiger partial charge in [-0.25, -0.2) is 0 Å². The number of hydrogen-bond donors (Lipinski definition) is 2. The highest BCUT2D eigenvalue weighted by atomic mass is 16.5. The van der Waals surface area contributed by atoms with E-state index in [1.165, 1.54) is 0 Å². The molecule has 2 N–H and O–H groups in total. The Balaban J connectivity index is 3.03. The lowest BCUT2D eigenvalue weighted by molar-refractivity contribution is 0.185. The minimum atomic E-state index is 0.631. The van der Waals surface area contributed by atoms with E-state index in [2.05, 4.69) is 16.7 Å². The third-order valence-electron chi connectivity index (χ3n) is 1.97. The van der Waals surface area contributed by atoms with Crippen molar-refractivity contribution in [3.8, 4) is 0 Å². The van der Waals surface area contributed by atoms with Gasteiger partial charge in [-0.1, -0.05) is 12.1 Å². The number of anilines is 2. The number of ether oxygens (including phenoxy) is 1. The summed E-state index contributed by atoms with van der Waals surface area (Å²) in [7, 11) is 5.52. The standard InChI is InChI=1S/C10H16N2O/c1-11-9-6-4-5-8(7-13-3)10(9)12-2/h4-6,11-12H,7H2,1-3H3. The Morgan fingerprint density at radius 2 is 2.00 bits per heavy atom. The van der Waals surface area contributed by atoms with Gasteiger partial charge in [0.2, 0.25) is 0 Å². The third-order valence-corrected chi connectivity index (χ3v) is 1.97. The first-order chi connectivity index (χ1) is 6.33. The average molecular weight is 180 g/mol. The molecule has 0 aliphatic heterocycles. The van der Waals surface area contributed by atoms with Crippen molar-refractivity contribution in [2.24, 2.45) is 0 Å². The first-order valence-corrected chi connectivity index (χ1v) is 4.29. The molecule has 0 bridgehead atoms. The van der Waals surface area contributed by atoms with Crippen molar-refractivity contribution in [1.29, 1.82) is 0 Å². The summed E-state index contributed by atoms with van der Waals surface area (Å²) in [4.78, 5) is 0. The van der Waals surface area contributed by atoms with Gasteiger partial charge in [0.05, 0.1) is 18.0 Å². The summed E-state index contributed by atoms with van der Waals surface area (Å²) in [5, 5.41) is 6.28. The van der Waals surface area contributed by atoms with E-state index in [0.29, 0.717) is 6.61 Å². The second-order valence-electron chi connectivity index (χ2n) is 2.77. The smallest absolute Gasteiger partial charge is 0.0733 e. The van der Waals surface area contributed by atoms with Crippen molar-refractivity contribution in [2.75, 3.05) is 31.8 Å². The minimum Gasteiger partial charge on any atom is -0.386 e. The summed E-state index contributed by atoms with van der Waals surface area (Å²) in [6, 6.07) is 6.10. The molecule has 0 aliphatic rings. The van der Waals surface area contributed by atoms with E-state index < -0.39 is 0 Å². The summed E-state index contributed by atoms with van der Waals surface area (Å²) in [5.41, 5.74) is 3.36. The van der Waals surface area contributed by atoms with Gasteiger partial charge in [0.15, 0.2) is 0 Å². The molecule has 0 aliphatic carbocycles. The van der Waals surface area contributed by atoms with Gasteiger partial charge in [-0.05, 0) is 6.07 Å². The van der Waals surface area contributed by atoms with Crippen molar-refractivity contribution >= 4 is 11.4 Å². The van der Waals surface area contributed by atoms with Crippen LogP contribution in [0.1, 0.15) is 5.56 Å². The SMILES string of the molecule is CNc1cccc(COC)c1NC. The van der Waals surface area contributed by atoms with Gasteiger partial charge >= 0.3 is 0 Å². The zero-order valence-corrected chi connectivity index (χ0v) is 8.35. The molecule has 1 rings (SSSR count).